The van der Waals surface area contributed by atoms with Gasteiger partial charge in [0.25, 0.3) is 5.91 Å². The molecule has 0 spiro atoms. The van der Waals surface area contributed by atoms with Crippen molar-refractivity contribution in [2.75, 3.05) is 11.1 Å². The molecule has 1 heterocycles. The molecular formula is C23H25ClIN5O2S. The van der Waals surface area contributed by atoms with Gasteiger partial charge in [0.15, 0.2) is 11.0 Å². The average molecular weight is 598 g/mol. The monoisotopic (exact) mass is 597 g/mol. The Morgan fingerprint density at radius 2 is 1.91 bits per heavy atom. The highest BCUT2D eigenvalue weighted by Crippen LogP contribution is 2.27. The number of nitrogens with zero attached hydrogens (tertiary/aromatic N) is 3. The van der Waals surface area contributed by atoms with Crippen LogP contribution in [0.4, 0.5) is 5.69 Å². The zero-order chi connectivity index (χ0) is 24.1. The first-order chi connectivity index (χ1) is 15.7. The zero-order valence-electron chi connectivity index (χ0n) is 18.7. The summed E-state index contributed by atoms with van der Waals surface area (Å²) >= 11 is 9.53. The number of hydrogen-bond acceptors (Lipinski definition) is 5. The molecule has 1 aromatic heterocycles. The summed E-state index contributed by atoms with van der Waals surface area (Å²) in [6.07, 6.45) is 0. The highest BCUT2D eigenvalue weighted by molar-refractivity contribution is 14.1. The van der Waals surface area contributed by atoms with Crippen molar-refractivity contribution in [1.82, 2.24) is 20.1 Å². The Kier molecular flexibility index (Phi) is 8.77. The number of anilines is 1. The Balaban J connectivity index is 1.61. The third-order valence-electron chi connectivity index (χ3n) is 4.93. The Morgan fingerprint density at radius 1 is 1.15 bits per heavy atom. The van der Waals surface area contributed by atoms with Crippen molar-refractivity contribution in [3.8, 4) is 0 Å². The lowest BCUT2D eigenvalue weighted by Gasteiger charge is -2.15. The fourth-order valence-electron chi connectivity index (χ4n) is 3.24. The summed E-state index contributed by atoms with van der Waals surface area (Å²) in [5.41, 5.74) is 2.40. The fourth-order valence-corrected chi connectivity index (χ4v) is 4.67. The number of carbonyl (C=O) groups excluding carboxylic acids is 2. The summed E-state index contributed by atoms with van der Waals surface area (Å²) in [6.45, 7) is 6.03. The molecule has 0 saturated heterocycles. The average Bonchev–Trinajstić information content (AvgIpc) is 3.13. The van der Waals surface area contributed by atoms with E-state index in [1.165, 1.54) is 11.8 Å². The van der Waals surface area contributed by atoms with Crippen LogP contribution in [-0.4, -0.2) is 32.3 Å². The highest BCUT2D eigenvalue weighted by atomic mass is 127. The van der Waals surface area contributed by atoms with Gasteiger partial charge in [0.1, 0.15) is 0 Å². The van der Waals surface area contributed by atoms with E-state index in [2.05, 4.69) is 63.3 Å². The molecule has 0 aliphatic carbocycles. The van der Waals surface area contributed by atoms with Gasteiger partial charge in [-0.25, -0.2) is 0 Å². The lowest BCUT2D eigenvalue weighted by molar-refractivity contribution is -0.113. The quantitative estimate of drug-likeness (QED) is 0.268. The predicted octanol–water partition coefficient (Wildman–Crippen LogP) is 5.42. The van der Waals surface area contributed by atoms with E-state index in [9.17, 15) is 9.59 Å². The maximum atomic E-state index is 12.6. The molecule has 0 aliphatic rings. The molecule has 2 N–H and O–H groups in total. The van der Waals surface area contributed by atoms with Crippen LogP contribution in [0.5, 0.6) is 0 Å². The topological polar surface area (TPSA) is 88.9 Å². The van der Waals surface area contributed by atoms with Gasteiger partial charge in [-0.1, -0.05) is 43.3 Å². The van der Waals surface area contributed by atoms with Crippen molar-refractivity contribution in [2.45, 2.75) is 37.9 Å². The molecular weight excluding hydrogens is 573 g/mol. The molecule has 33 heavy (non-hydrogen) atoms. The van der Waals surface area contributed by atoms with Gasteiger partial charge in [-0.2, -0.15) is 0 Å². The van der Waals surface area contributed by atoms with Crippen molar-refractivity contribution in [1.29, 1.82) is 0 Å². The van der Waals surface area contributed by atoms with Crippen molar-refractivity contribution in [3.05, 3.63) is 68.0 Å². The van der Waals surface area contributed by atoms with E-state index in [0.717, 1.165) is 14.8 Å². The summed E-state index contributed by atoms with van der Waals surface area (Å²) in [4.78, 5) is 25.1. The van der Waals surface area contributed by atoms with Gasteiger partial charge in [0.05, 0.1) is 11.8 Å². The number of amides is 2. The zero-order valence-corrected chi connectivity index (χ0v) is 22.5. The van der Waals surface area contributed by atoms with E-state index in [0.29, 0.717) is 27.5 Å². The van der Waals surface area contributed by atoms with E-state index in [1.54, 1.807) is 28.8 Å². The molecule has 2 aromatic carbocycles. The standard InChI is InChI=1S/C23H25ClIN5O2S/c1-13(2)18-11-17(25)8-9-19(18)27-20(31)12-33-23-29-28-21(30(23)4)14(3)26-22(32)15-6-5-7-16(24)10-15/h5-11,13-14H,12H2,1-4H3,(H,26,32)(H,27,31). The summed E-state index contributed by atoms with van der Waals surface area (Å²) in [7, 11) is 1.81. The molecule has 0 aliphatic heterocycles. The third-order valence-corrected chi connectivity index (χ3v) is 6.86. The Bertz CT molecular complexity index is 1170. The minimum absolute atomic E-state index is 0.116. The number of thioether (sulfide) groups is 1. The van der Waals surface area contributed by atoms with Crippen molar-refractivity contribution in [3.63, 3.8) is 0 Å². The number of rotatable bonds is 8. The van der Waals surface area contributed by atoms with Crippen LogP contribution in [-0.2, 0) is 11.8 Å². The van der Waals surface area contributed by atoms with E-state index in [1.807, 2.05) is 26.1 Å². The molecule has 0 bridgehead atoms. The van der Waals surface area contributed by atoms with Crippen LogP contribution in [0.2, 0.25) is 5.02 Å². The largest absolute Gasteiger partial charge is 0.342 e. The van der Waals surface area contributed by atoms with Crippen LogP contribution in [0.1, 0.15) is 54.5 Å². The molecule has 7 nitrogen and oxygen atoms in total. The lowest BCUT2D eigenvalue weighted by atomic mass is 10.0. The van der Waals surface area contributed by atoms with Crippen LogP contribution < -0.4 is 10.6 Å². The van der Waals surface area contributed by atoms with Crippen molar-refractivity contribution < 1.29 is 9.59 Å². The van der Waals surface area contributed by atoms with Gasteiger partial charge in [-0.15, -0.1) is 10.2 Å². The van der Waals surface area contributed by atoms with Crippen LogP contribution in [0.3, 0.4) is 0 Å². The SMILES string of the molecule is CC(C)c1cc(I)ccc1NC(=O)CSc1nnc(C(C)NC(=O)c2cccc(Cl)c2)n1C. The first-order valence-electron chi connectivity index (χ1n) is 10.3. The molecule has 1 unspecified atom stereocenters. The lowest BCUT2D eigenvalue weighted by Crippen LogP contribution is -2.28. The predicted molar refractivity (Wildman–Crippen MR) is 141 cm³/mol. The second kappa shape index (κ2) is 11.3. The molecule has 0 radical (unpaired) electrons. The molecule has 2 amide bonds. The van der Waals surface area contributed by atoms with Gasteiger partial charge in [-0.05, 0) is 77.4 Å². The van der Waals surface area contributed by atoms with E-state index < -0.39 is 0 Å². The van der Waals surface area contributed by atoms with Gasteiger partial charge >= 0.3 is 0 Å². The maximum absolute atomic E-state index is 12.6. The molecule has 174 valence electrons. The van der Waals surface area contributed by atoms with Crippen LogP contribution >= 0.6 is 46.0 Å². The number of aromatic nitrogens is 3. The van der Waals surface area contributed by atoms with Gasteiger partial charge in [0, 0.05) is 26.9 Å². The molecule has 1 atom stereocenters. The van der Waals surface area contributed by atoms with Crippen LogP contribution in [0.25, 0.3) is 0 Å². The summed E-state index contributed by atoms with van der Waals surface area (Å²) in [5.74, 6) is 0.717. The van der Waals surface area contributed by atoms with Gasteiger partial charge in [-0.3, -0.25) is 9.59 Å². The molecule has 3 aromatic rings. The summed E-state index contributed by atoms with van der Waals surface area (Å²) in [6, 6.07) is 12.4. The molecule has 0 saturated carbocycles. The smallest absolute Gasteiger partial charge is 0.251 e. The van der Waals surface area contributed by atoms with Crippen molar-refractivity contribution >= 4 is 63.5 Å². The molecule has 3 rings (SSSR count). The second-order valence-corrected chi connectivity index (χ2v) is 10.5. The molecule has 0 fully saturated rings. The minimum atomic E-state index is -0.377. The normalized spacial score (nSPS) is 12.0. The fraction of sp³-hybridized carbons (Fsp3) is 0.304. The highest BCUT2D eigenvalue weighted by Gasteiger charge is 2.19. The first-order valence-corrected chi connectivity index (χ1v) is 12.8. The number of benzene rings is 2. The Hall–Kier alpha value is -2.11. The van der Waals surface area contributed by atoms with Crippen molar-refractivity contribution in [2.24, 2.45) is 7.05 Å². The van der Waals surface area contributed by atoms with Crippen LogP contribution in [0.15, 0.2) is 47.6 Å². The maximum Gasteiger partial charge on any atom is 0.251 e. The molecule has 10 heteroatoms. The summed E-state index contributed by atoms with van der Waals surface area (Å²) < 4.78 is 2.91. The minimum Gasteiger partial charge on any atom is -0.342 e. The second-order valence-electron chi connectivity index (χ2n) is 7.83. The number of nitrogens with one attached hydrogen (secondary N) is 2. The van der Waals surface area contributed by atoms with E-state index in [-0.39, 0.29) is 23.6 Å². The van der Waals surface area contributed by atoms with Gasteiger partial charge < -0.3 is 15.2 Å². The van der Waals surface area contributed by atoms with Gasteiger partial charge in [0.2, 0.25) is 5.91 Å². The van der Waals surface area contributed by atoms with Crippen LogP contribution in [0, 0.1) is 3.57 Å². The first kappa shape index (κ1) is 25.5. The van der Waals surface area contributed by atoms with E-state index in [4.69, 9.17) is 11.6 Å². The summed E-state index contributed by atoms with van der Waals surface area (Å²) in [5, 5.41) is 15.4. The Morgan fingerprint density at radius 3 is 2.61 bits per heavy atom. The number of halogens is 2. The number of carbonyl (C=O) groups is 2. The number of hydrogen-bond donors (Lipinski definition) is 2. The Labute approximate surface area is 216 Å². The third kappa shape index (κ3) is 6.70. The van der Waals surface area contributed by atoms with E-state index >= 15 is 0 Å².